The van der Waals surface area contributed by atoms with Crippen LogP contribution in [0.3, 0.4) is 0 Å². The number of alkyl carbamates (subject to hydrolysis) is 1. The molecule has 1 atom stereocenters. The van der Waals surface area contributed by atoms with Crippen LogP contribution in [0.2, 0.25) is 5.02 Å². The summed E-state index contributed by atoms with van der Waals surface area (Å²) < 4.78 is 5.53. The van der Waals surface area contributed by atoms with Gasteiger partial charge in [-0.15, -0.1) is 0 Å². The molecule has 0 unspecified atom stereocenters. The average molecular weight is 493 g/mol. The van der Waals surface area contributed by atoms with Crippen molar-refractivity contribution < 1.29 is 24.2 Å². The van der Waals surface area contributed by atoms with Gasteiger partial charge in [0.1, 0.15) is 13.2 Å². The summed E-state index contributed by atoms with van der Waals surface area (Å²) in [5, 5.41) is 12.4. The van der Waals surface area contributed by atoms with Crippen molar-refractivity contribution in [3.63, 3.8) is 0 Å². The van der Waals surface area contributed by atoms with Crippen molar-refractivity contribution in [2.75, 3.05) is 18.1 Å². The number of carbonyl (C=O) groups is 3. The molecule has 0 heterocycles. The molecule has 0 saturated heterocycles. The summed E-state index contributed by atoms with van der Waals surface area (Å²) in [6.45, 7) is 1.33. The van der Waals surface area contributed by atoms with E-state index in [1.807, 2.05) is 36.4 Å². The van der Waals surface area contributed by atoms with Crippen LogP contribution >= 0.6 is 11.6 Å². The molecule has 0 aliphatic heterocycles. The first-order valence-electron chi connectivity index (χ1n) is 11.2. The molecule has 0 radical (unpaired) electrons. The summed E-state index contributed by atoms with van der Waals surface area (Å²) >= 11 is 5.89. The lowest BCUT2D eigenvalue weighted by molar-refractivity contribution is -0.136. The molecular weight excluding hydrogens is 468 g/mol. The number of rotatable bonds is 8. The summed E-state index contributed by atoms with van der Waals surface area (Å²) in [5.74, 6) is -1.66. The van der Waals surface area contributed by atoms with Gasteiger partial charge in [-0.05, 0) is 53.4 Å². The second-order valence-electron chi connectivity index (χ2n) is 8.43. The van der Waals surface area contributed by atoms with Gasteiger partial charge in [-0.25, -0.2) is 4.79 Å². The molecule has 0 fully saturated rings. The number of hydrogen-bond acceptors (Lipinski definition) is 4. The Morgan fingerprint density at radius 2 is 1.54 bits per heavy atom. The highest BCUT2D eigenvalue weighted by Gasteiger charge is 2.29. The van der Waals surface area contributed by atoms with Crippen LogP contribution in [-0.2, 0) is 14.3 Å². The zero-order chi connectivity index (χ0) is 24.9. The first kappa shape index (κ1) is 24.3. The van der Waals surface area contributed by atoms with E-state index in [0.717, 1.165) is 27.2 Å². The molecule has 0 saturated carbocycles. The molecule has 0 aromatic heterocycles. The van der Waals surface area contributed by atoms with Crippen LogP contribution in [0.1, 0.15) is 30.4 Å². The van der Waals surface area contributed by atoms with Gasteiger partial charge >= 0.3 is 12.1 Å². The molecule has 8 heteroatoms. The second-order valence-corrected chi connectivity index (χ2v) is 8.86. The molecule has 3 aromatic rings. The maximum absolute atomic E-state index is 12.8. The molecule has 2 N–H and O–H groups in total. The Morgan fingerprint density at radius 3 is 2.11 bits per heavy atom. The van der Waals surface area contributed by atoms with Crippen LogP contribution in [0.4, 0.5) is 10.5 Å². The molecule has 35 heavy (non-hydrogen) atoms. The monoisotopic (exact) mass is 492 g/mol. The Bertz CT molecular complexity index is 1200. The van der Waals surface area contributed by atoms with Crippen molar-refractivity contribution in [2.45, 2.75) is 25.3 Å². The van der Waals surface area contributed by atoms with E-state index in [-0.39, 0.29) is 18.9 Å². The van der Waals surface area contributed by atoms with Crippen molar-refractivity contribution in [1.29, 1.82) is 0 Å². The lowest BCUT2D eigenvalue weighted by Gasteiger charge is -2.23. The lowest BCUT2D eigenvalue weighted by atomic mass is 9.98. The molecule has 3 aromatic carbocycles. The number of amides is 2. The summed E-state index contributed by atoms with van der Waals surface area (Å²) in [6.07, 6.45) is -0.733. The van der Waals surface area contributed by atoms with E-state index in [1.54, 1.807) is 31.2 Å². The van der Waals surface area contributed by atoms with Gasteiger partial charge in [0.05, 0.1) is 0 Å². The highest BCUT2D eigenvalue weighted by atomic mass is 35.5. The number of carboxylic acid groups (broad SMARTS) is 1. The van der Waals surface area contributed by atoms with Crippen LogP contribution in [0.15, 0.2) is 72.8 Å². The first-order chi connectivity index (χ1) is 16.8. The number of halogens is 1. The minimum absolute atomic E-state index is 0.0685. The van der Waals surface area contributed by atoms with E-state index in [2.05, 4.69) is 17.4 Å². The van der Waals surface area contributed by atoms with Crippen LogP contribution in [-0.4, -0.2) is 42.3 Å². The Balaban J connectivity index is 1.36. The predicted octanol–water partition coefficient (Wildman–Crippen LogP) is 5.07. The molecule has 0 bridgehead atoms. The van der Waals surface area contributed by atoms with Crippen LogP contribution in [0.5, 0.6) is 0 Å². The van der Waals surface area contributed by atoms with Crippen molar-refractivity contribution in [3.8, 4) is 11.1 Å². The highest BCUT2D eigenvalue weighted by Crippen LogP contribution is 2.44. The molecule has 2 amide bonds. The number of fused-ring (bicyclic) bond motifs is 3. The quantitative estimate of drug-likeness (QED) is 0.457. The van der Waals surface area contributed by atoms with E-state index < -0.39 is 30.6 Å². The number of hydrogen-bond donors (Lipinski definition) is 2. The molecular formula is C27H25ClN2O5. The number of benzene rings is 3. The molecule has 1 aliphatic rings. The van der Waals surface area contributed by atoms with Crippen LogP contribution < -0.4 is 10.2 Å². The molecule has 180 valence electrons. The maximum atomic E-state index is 12.8. The van der Waals surface area contributed by atoms with E-state index in [0.29, 0.717) is 10.7 Å². The summed E-state index contributed by atoms with van der Waals surface area (Å²) in [5.41, 5.74) is 4.90. The number of nitrogens with zero attached hydrogens (tertiary/aromatic N) is 1. The summed E-state index contributed by atoms with van der Waals surface area (Å²) in [7, 11) is 0. The van der Waals surface area contributed by atoms with Gasteiger partial charge in [0.2, 0.25) is 5.91 Å². The number of carbonyl (C=O) groups excluding carboxylic acids is 2. The molecule has 0 spiro atoms. The van der Waals surface area contributed by atoms with Gasteiger partial charge in [-0.2, -0.15) is 0 Å². The van der Waals surface area contributed by atoms with E-state index in [4.69, 9.17) is 16.3 Å². The number of nitrogens with one attached hydrogen (secondary N) is 1. The fourth-order valence-corrected chi connectivity index (χ4v) is 4.47. The number of anilines is 1. The van der Waals surface area contributed by atoms with E-state index >= 15 is 0 Å². The topological polar surface area (TPSA) is 95.9 Å². The Labute approximate surface area is 208 Å². The van der Waals surface area contributed by atoms with Crippen molar-refractivity contribution in [1.82, 2.24) is 5.32 Å². The first-order valence-corrected chi connectivity index (χ1v) is 11.6. The smallest absolute Gasteiger partial charge is 0.407 e. The van der Waals surface area contributed by atoms with E-state index in [1.165, 1.54) is 0 Å². The average Bonchev–Trinajstić information content (AvgIpc) is 3.15. The fraction of sp³-hybridized carbons (Fsp3) is 0.222. The number of carboxylic acids is 1. The minimum Gasteiger partial charge on any atom is -0.480 e. The van der Waals surface area contributed by atoms with Crippen LogP contribution in [0.25, 0.3) is 11.1 Å². The summed E-state index contributed by atoms with van der Waals surface area (Å²) in [6, 6.07) is 21.9. The number of ether oxygens (including phenoxy) is 1. The summed E-state index contributed by atoms with van der Waals surface area (Å²) in [4.78, 5) is 37.8. The molecule has 1 aliphatic carbocycles. The fourth-order valence-electron chi connectivity index (χ4n) is 4.34. The zero-order valence-corrected chi connectivity index (χ0v) is 19.9. The Morgan fingerprint density at radius 1 is 0.971 bits per heavy atom. The number of aliphatic carboxylic acids is 1. The van der Waals surface area contributed by atoms with E-state index in [9.17, 15) is 19.5 Å². The molecule has 4 rings (SSSR count). The minimum atomic E-state index is -1.15. The Kier molecular flexibility index (Phi) is 7.36. The predicted molar refractivity (Wildman–Crippen MR) is 134 cm³/mol. The standard InChI is InChI=1S/C27H25ClN2O5/c1-17(14-25(31)30(15-26(32)33)19-12-10-18(28)11-13-19)29-27(34)35-16-24-22-8-4-2-6-20(22)21-7-3-5-9-23(21)24/h2-13,17,24H,14-16H2,1H3,(H,29,34)(H,32,33)/t17-/m0/s1. The van der Waals surface area contributed by atoms with Gasteiger partial charge < -0.3 is 20.1 Å². The van der Waals surface area contributed by atoms with Crippen molar-refractivity contribution >= 4 is 35.3 Å². The molecule has 7 nitrogen and oxygen atoms in total. The zero-order valence-electron chi connectivity index (χ0n) is 19.1. The van der Waals surface area contributed by atoms with Gasteiger partial charge in [0.25, 0.3) is 0 Å². The van der Waals surface area contributed by atoms with Gasteiger partial charge in [-0.1, -0.05) is 60.1 Å². The van der Waals surface area contributed by atoms with Gasteiger partial charge in [-0.3, -0.25) is 9.59 Å². The van der Waals surface area contributed by atoms with Crippen LogP contribution in [0, 0.1) is 0 Å². The normalized spacial score (nSPS) is 12.9. The second kappa shape index (κ2) is 10.6. The SMILES string of the molecule is C[C@@H](CC(=O)N(CC(=O)O)c1ccc(Cl)cc1)NC(=O)OCC1c2ccccc2-c2ccccc21. The third kappa shape index (κ3) is 5.63. The Hall–Kier alpha value is -3.84. The van der Waals surface area contributed by atoms with Gasteiger partial charge in [0.15, 0.2) is 0 Å². The van der Waals surface area contributed by atoms with Crippen molar-refractivity contribution in [2.24, 2.45) is 0 Å². The maximum Gasteiger partial charge on any atom is 0.407 e. The van der Waals surface area contributed by atoms with Crippen molar-refractivity contribution in [3.05, 3.63) is 88.9 Å². The van der Waals surface area contributed by atoms with Gasteiger partial charge in [0, 0.05) is 29.1 Å². The highest BCUT2D eigenvalue weighted by molar-refractivity contribution is 6.30. The third-order valence-corrected chi connectivity index (χ3v) is 6.17. The third-order valence-electron chi connectivity index (χ3n) is 5.92. The lowest BCUT2D eigenvalue weighted by Crippen LogP contribution is -2.41. The largest absolute Gasteiger partial charge is 0.480 e.